The normalized spacial score (nSPS) is 11.7. The lowest BCUT2D eigenvalue weighted by Crippen LogP contribution is -2.27. The molecule has 0 fully saturated rings. The zero-order chi connectivity index (χ0) is 19.9. The van der Waals surface area contributed by atoms with Gasteiger partial charge in [0.05, 0.1) is 11.2 Å². The van der Waals surface area contributed by atoms with Crippen molar-refractivity contribution in [1.82, 2.24) is 24.3 Å². The smallest absolute Gasteiger partial charge is 0.419 e. The number of hydrogen-bond acceptors (Lipinski definition) is 6. The number of nitrogens with zero attached hydrogens (tertiary/aromatic N) is 5. The zero-order valence-corrected chi connectivity index (χ0v) is 15.7. The van der Waals surface area contributed by atoms with Crippen LogP contribution >= 0.6 is 0 Å². The largest absolute Gasteiger partial charge is 0.508 e. The van der Waals surface area contributed by atoms with Crippen LogP contribution in [0, 0.1) is 0 Å². The second kappa shape index (κ2) is 6.49. The summed E-state index contributed by atoms with van der Waals surface area (Å²) in [6.07, 6.45) is 4.13. The van der Waals surface area contributed by atoms with Crippen molar-refractivity contribution in [3.8, 4) is 22.8 Å². The molecule has 3 aromatic heterocycles. The molecule has 4 rings (SSSR count). The van der Waals surface area contributed by atoms with Gasteiger partial charge in [0.15, 0.2) is 5.82 Å². The number of carbonyl (C=O) groups excluding carboxylic acids is 1. The lowest BCUT2D eigenvalue weighted by atomic mass is 10.2. The second-order valence-electron chi connectivity index (χ2n) is 7.33. The first-order chi connectivity index (χ1) is 13.3. The van der Waals surface area contributed by atoms with Crippen LogP contribution in [0.25, 0.3) is 28.0 Å². The van der Waals surface area contributed by atoms with Crippen LogP contribution in [-0.2, 0) is 4.74 Å². The minimum absolute atomic E-state index is 0.0709. The van der Waals surface area contributed by atoms with Crippen molar-refractivity contribution in [1.29, 1.82) is 0 Å². The fourth-order valence-corrected chi connectivity index (χ4v) is 2.91. The standard InChI is InChI=1S/C20H19N5O3/c1-20(2,3)28-19(27)25-16(8-13-4-6-15(26)9-17(13)25)14-5-7-18(22-10-14)24-12-21-11-23-24/h4-12,26H,1-3H3. The molecular formula is C20H19N5O3. The van der Waals surface area contributed by atoms with E-state index >= 15 is 0 Å². The van der Waals surface area contributed by atoms with Gasteiger partial charge in [-0.25, -0.2) is 24.0 Å². The minimum atomic E-state index is -0.656. The van der Waals surface area contributed by atoms with Crippen molar-refractivity contribution in [2.75, 3.05) is 0 Å². The van der Waals surface area contributed by atoms with Gasteiger partial charge in [-0.2, -0.15) is 5.10 Å². The summed E-state index contributed by atoms with van der Waals surface area (Å²) in [4.78, 5) is 21.2. The molecule has 0 aliphatic heterocycles. The third-order valence-electron chi connectivity index (χ3n) is 4.06. The summed E-state index contributed by atoms with van der Waals surface area (Å²) >= 11 is 0. The van der Waals surface area contributed by atoms with Gasteiger partial charge < -0.3 is 9.84 Å². The molecule has 8 heteroatoms. The van der Waals surface area contributed by atoms with Crippen molar-refractivity contribution in [3.05, 3.63) is 55.2 Å². The van der Waals surface area contributed by atoms with E-state index in [1.807, 2.05) is 32.9 Å². The van der Waals surface area contributed by atoms with Gasteiger partial charge in [0.25, 0.3) is 0 Å². The number of pyridine rings is 1. The third-order valence-corrected chi connectivity index (χ3v) is 4.06. The number of rotatable bonds is 2. The number of aromatic nitrogens is 5. The predicted molar refractivity (Wildman–Crippen MR) is 103 cm³/mol. The molecule has 0 spiro atoms. The highest BCUT2D eigenvalue weighted by Crippen LogP contribution is 2.31. The molecule has 8 nitrogen and oxygen atoms in total. The molecule has 0 aliphatic rings. The Morgan fingerprint density at radius 1 is 1.14 bits per heavy atom. The fraction of sp³-hybridized carbons (Fsp3) is 0.200. The van der Waals surface area contributed by atoms with E-state index in [0.717, 1.165) is 10.9 Å². The number of hydrogen-bond donors (Lipinski definition) is 1. The Hall–Kier alpha value is -3.68. The highest BCUT2D eigenvalue weighted by Gasteiger charge is 2.23. The molecule has 28 heavy (non-hydrogen) atoms. The Morgan fingerprint density at radius 3 is 2.61 bits per heavy atom. The van der Waals surface area contributed by atoms with Gasteiger partial charge in [0, 0.05) is 23.2 Å². The fourth-order valence-electron chi connectivity index (χ4n) is 2.91. The molecule has 0 bridgehead atoms. The van der Waals surface area contributed by atoms with Gasteiger partial charge in [-0.05, 0) is 51.1 Å². The molecule has 4 aromatic rings. The summed E-state index contributed by atoms with van der Waals surface area (Å²) in [5, 5.41) is 14.8. The summed E-state index contributed by atoms with van der Waals surface area (Å²) in [7, 11) is 0. The Kier molecular flexibility index (Phi) is 4.11. The predicted octanol–water partition coefficient (Wildman–Crippen LogP) is 3.77. The monoisotopic (exact) mass is 377 g/mol. The van der Waals surface area contributed by atoms with Gasteiger partial charge in [-0.1, -0.05) is 0 Å². The summed E-state index contributed by atoms with van der Waals surface area (Å²) < 4.78 is 8.57. The minimum Gasteiger partial charge on any atom is -0.508 e. The SMILES string of the molecule is CC(C)(C)OC(=O)n1c(-c2ccc(-n3cncn3)nc2)cc2ccc(O)cc21. The average Bonchev–Trinajstić information content (AvgIpc) is 3.28. The quantitative estimate of drug-likeness (QED) is 0.571. The Labute approximate surface area is 161 Å². The molecule has 142 valence electrons. The first-order valence-corrected chi connectivity index (χ1v) is 8.71. The summed E-state index contributed by atoms with van der Waals surface area (Å²) in [5.74, 6) is 0.681. The van der Waals surface area contributed by atoms with Gasteiger partial charge in [-0.15, -0.1) is 0 Å². The molecule has 1 aromatic carbocycles. The zero-order valence-electron chi connectivity index (χ0n) is 15.7. The van der Waals surface area contributed by atoms with Crippen LogP contribution in [0.1, 0.15) is 20.8 Å². The Bertz CT molecular complexity index is 1140. The molecule has 0 radical (unpaired) electrons. The van der Waals surface area contributed by atoms with Crippen molar-refractivity contribution in [2.45, 2.75) is 26.4 Å². The molecule has 0 amide bonds. The topological polar surface area (TPSA) is 95.1 Å². The van der Waals surface area contributed by atoms with Gasteiger partial charge in [-0.3, -0.25) is 0 Å². The van der Waals surface area contributed by atoms with E-state index in [0.29, 0.717) is 17.0 Å². The van der Waals surface area contributed by atoms with Crippen molar-refractivity contribution in [2.24, 2.45) is 0 Å². The number of phenolic OH excluding ortho intramolecular Hbond substituents is 1. The number of benzene rings is 1. The van der Waals surface area contributed by atoms with Crippen molar-refractivity contribution < 1.29 is 14.6 Å². The van der Waals surface area contributed by atoms with E-state index < -0.39 is 11.7 Å². The number of ether oxygens (including phenoxy) is 1. The molecule has 1 N–H and O–H groups in total. The van der Waals surface area contributed by atoms with Crippen LogP contribution in [0.3, 0.4) is 0 Å². The highest BCUT2D eigenvalue weighted by atomic mass is 16.6. The van der Waals surface area contributed by atoms with Crippen molar-refractivity contribution >= 4 is 17.0 Å². The van der Waals surface area contributed by atoms with Gasteiger partial charge in [0.2, 0.25) is 0 Å². The van der Waals surface area contributed by atoms with Crippen molar-refractivity contribution in [3.63, 3.8) is 0 Å². The summed E-state index contributed by atoms with van der Waals surface area (Å²) in [6, 6.07) is 10.4. The Balaban J connectivity index is 1.84. The maximum atomic E-state index is 12.9. The van der Waals surface area contributed by atoms with Gasteiger partial charge in [0.1, 0.15) is 24.0 Å². The van der Waals surface area contributed by atoms with E-state index in [2.05, 4.69) is 15.1 Å². The van der Waals surface area contributed by atoms with Crippen LogP contribution in [0.2, 0.25) is 0 Å². The molecule has 3 heterocycles. The van der Waals surface area contributed by atoms with E-state index in [9.17, 15) is 9.90 Å². The molecule has 0 aliphatic carbocycles. The molecule has 0 saturated heterocycles. The van der Waals surface area contributed by atoms with E-state index in [1.165, 1.54) is 10.9 Å². The third kappa shape index (κ3) is 3.32. The van der Waals surface area contributed by atoms with E-state index in [4.69, 9.17) is 4.74 Å². The first-order valence-electron chi connectivity index (χ1n) is 8.71. The van der Waals surface area contributed by atoms with E-state index in [1.54, 1.807) is 41.5 Å². The van der Waals surface area contributed by atoms with Gasteiger partial charge >= 0.3 is 6.09 Å². The number of carbonyl (C=O) groups is 1. The number of fused-ring (bicyclic) bond motifs is 1. The van der Waals surface area contributed by atoms with Crippen LogP contribution in [0.5, 0.6) is 5.75 Å². The second-order valence-corrected chi connectivity index (χ2v) is 7.33. The molecule has 0 unspecified atom stereocenters. The van der Waals surface area contributed by atoms with Crippen LogP contribution in [0.4, 0.5) is 4.79 Å². The molecule has 0 saturated carbocycles. The first kappa shape index (κ1) is 17.7. The molecular weight excluding hydrogens is 358 g/mol. The Morgan fingerprint density at radius 2 is 1.96 bits per heavy atom. The molecule has 0 atom stereocenters. The number of phenols is 1. The lowest BCUT2D eigenvalue weighted by molar-refractivity contribution is 0.0547. The average molecular weight is 377 g/mol. The van der Waals surface area contributed by atoms with Crippen LogP contribution in [0.15, 0.2) is 55.2 Å². The maximum absolute atomic E-state index is 12.9. The summed E-state index contributed by atoms with van der Waals surface area (Å²) in [6.45, 7) is 5.42. The number of aromatic hydroxyl groups is 1. The van der Waals surface area contributed by atoms with Crippen LogP contribution < -0.4 is 0 Å². The lowest BCUT2D eigenvalue weighted by Gasteiger charge is -2.21. The maximum Gasteiger partial charge on any atom is 0.419 e. The highest BCUT2D eigenvalue weighted by molar-refractivity contribution is 5.96. The van der Waals surface area contributed by atoms with Crippen LogP contribution in [-0.4, -0.2) is 41.1 Å². The van der Waals surface area contributed by atoms with E-state index in [-0.39, 0.29) is 5.75 Å². The summed E-state index contributed by atoms with van der Waals surface area (Å²) in [5.41, 5.74) is 1.25.